The third kappa shape index (κ3) is 5.89. The number of nitrogens with zero attached hydrogens (tertiary/aromatic N) is 3. The number of anilines is 2. The fourth-order valence-electron chi connectivity index (χ4n) is 5.00. The molecule has 0 bridgehead atoms. The highest BCUT2D eigenvalue weighted by Crippen LogP contribution is 2.41. The van der Waals surface area contributed by atoms with E-state index in [0.717, 1.165) is 44.5 Å². The largest absolute Gasteiger partial charge is 0.450 e. The molecule has 0 atom stereocenters. The minimum Gasteiger partial charge on any atom is -0.450 e. The first-order valence-corrected chi connectivity index (χ1v) is 12.9. The number of benzene rings is 2. The van der Waals surface area contributed by atoms with Gasteiger partial charge < -0.3 is 20.7 Å². The third-order valence-electron chi connectivity index (χ3n) is 7.10. The van der Waals surface area contributed by atoms with Crippen LogP contribution in [0.2, 0.25) is 0 Å². The number of Topliss-reactive ketones (excluding diaryl/α,β-unsaturated/α-hetero) is 1. The average Bonchev–Trinajstić information content (AvgIpc) is 2.91. The van der Waals surface area contributed by atoms with Gasteiger partial charge in [0.05, 0.1) is 11.9 Å². The van der Waals surface area contributed by atoms with E-state index in [0.29, 0.717) is 54.4 Å². The summed E-state index contributed by atoms with van der Waals surface area (Å²) in [6.07, 6.45) is 6.23. The number of likely N-dealkylation sites (tertiary alicyclic amines) is 1. The molecule has 1 aromatic heterocycles. The standard InChI is InChI=1S/C28H32FN5O3/c29-21-8-5-19(6-9-21)3-1-4-24(35)20-7-10-25-23(17-20)31-27-26(37-25)18-34(28(36)32-27)22-11-15-33(16-12-22)14-2-13-30/h5-10,17-18,22H,1-4,11-16,30H2,(H,31,32,36). The van der Waals surface area contributed by atoms with Gasteiger partial charge in [0, 0.05) is 31.1 Å². The maximum atomic E-state index is 13.1. The number of rotatable bonds is 9. The first kappa shape index (κ1) is 25.1. The van der Waals surface area contributed by atoms with Gasteiger partial charge in [0.2, 0.25) is 0 Å². The molecule has 0 radical (unpaired) electrons. The quantitative estimate of drug-likeness (QED) is 0.325. The summed E-state index contributed by atoms with van der Waals surface area (Å²) in [5, 5.41) is 3.17. The molecule has 2 aromatic carbocycles. The number of hydrogen-bond donors (Lipinski definition) is 2. The van der Waals surface area contributed by atoms with Gasteiger partial charge in [0.15, 0.2) is 23.1 Å². The van der Waals surface area contributed by atoms with Crippen molar-refractivity contribution >= 4 is 17.3 Å². The zero-order valence-corrected chi connectivity index (χ0v) is 20.8. The number of fused-ring (bicyclic) bond motifs is 2. The van der Waals surface area contributed by atoms with Crippen LogP contribution in [0.25, 0.3) is 0 Å². The normalized spacial score (nSPS) is 15.4. The summed E-state index contributed by atoms with van der Waals surface area (Å²) in [5.74, 6) is 1.18. The van der Waals surface area contributed by atoms with Crippen molar-refractivity contribution in [2.45, 2.75) is 44.6 Å². The van der Waals surface area contributed by atoms with Gasteiger partial charge >= 0.3 is 5.69 Å². The van der Waals surface area contributed by atoms with E-state index in [2.05, 4.69) is 15.2 Å². The first-order chi connectivity index (χ1) is 18.0. The molecular weight excluding hydrogens is 473 g/mol. The van der Waals surface area contributed by atoms with Gasteiger partial charge in [0.25, 0.3) is 0 Å². The van der Waals surface area contributed by atoms with Crippen LogP contribution in [0.3, 0.4) is 0 Å². The van der Waals surface area contributed by atoms with Crippen LogP contribution < -0.4 is 21.5 Å². The lowest BCUT2D eigenvalue weighted by atomic mass is 10.0. The smallest absolute Gasteiger partial charge is 0.350 e. The molecule has 37 heavy (non-hydrogen) atoms. The molecular formula is C28H32FN5O3. The van der Waals surface area contributed by atoms with Crippen molar-refractivity contribution in [3.63, 3.8) is 0 Å². The second-order valence-electron chi connectivity index (χ2n) is 9.70. The Kier molecular flexibility index (Phi) is 7.62. The molecule has 0 spiro atoms. The van der Waals surface area contributed by atoms with E-state index in [4.69, 9.17) is 10.5 Å². The number of carbonyl (C=O) groups excluding carboxylic acids is 1. The van der Waals surface area contributed by atoms with Gasteiger partial charge in [-0.05, 0) is 81.1 Å². The lowest BCUT2D eigenvalue weighted by Crippen LogP contribution is -2.39. The van der Waals surface area contributed by atoms with E-state index in [9.17, 15) is 14.0 Å². The Bertz CT molecular complexity index is 1320. The van der Waals surface area contributed by atoms with Crippen molar-refractivity contribution in [1.82, 2.24) is 14.5 Å². The molecule has 8 nitrogen and oxygen atoms in total. The van der Waals surface area contributed by atoms with Crippen molar-refractivity contribution in [1.29, 1.82) is 0 Å². The Hall–Kier alpha value is -3.56. The highest BCUT2D eigenvalue weighted by molar-refractivity contribution is 5.97. The number of ether oxygens (including phenoxy) is 1. The number of nitrogens with two attached hydrogens (primary N) is 1. The summed E-state index contributed by atoms with van der Waals surface area (Å²) in [6.45, 7) is 3.53. The Morgan fingerprint density at radius 1 is 1.11 bits per heavy atom. The zero-order valence-electron chi connectivity index (χ0n) is 20.8. The van der Waals surface area contributed by atoms with Gasteiger partial charge in [0.1, 0.15) is 5.82 Å². The number of aryl methyl sites for hydroxylation is 1. The number of halogens is 1. The maximum absolute atomic E-state index is 13.1. The summed E-state index contributed by atoms with van der Waals surface area (Å²) < 4.78 is 20.8. The monoisotopic (exact) mass is 505 g/mol. The molecule has 194 valence electrons. The Morgan fingerprint density at radius 3 is 2.65 bits per heavy atom. The number of aromatic nitrogens is 2. The first-order valence-electron chi connectivity index (χ1n) is 12.9. The number of hydrogen-bond acceptors (Lipinski definition) is 7. The molecule has 9 heteroatoms. The Labute approximate surface area is 215 Å². The number of ketones is 1. The number of nitrogens with one attached hydrogen (secondary N) is 1. The summed E-state index contributed by atoms with van der Waals surface area (Å²) in [7, 11) is 0. The fourth-order valence-corrected chi connectivity index (χ4v) is 5.00. The lowest BCUT2D eigenvalue weighted by Gasteiger charge is -2.33. The van der Waals surface area contributed by atoms with Crippen LogP contribution in [0.15, 0.2) is 53.5 Å². The van der Waals surface area contributed by atoms with Crippen molar-refractivity contribution in [2.75, 3.05) is 31.5 Å². The van der Waals surface area contributed by atoms with Crippen molar-refractivity contribution < 1.29 is 13.9 Å². The molecule has 0 aliphatic carbocycles. The van der Waals surface area contributed by atoms with Gasteiger partial charge in [-0.1, -0.05) is 12.1 Å². The van der Waals surface area contributed by atoms with Gasteiger partial charge in [-0.2, -0.15) is 4.98 Å². The van der Waals surface area contributed by atoms with E-state index in [1.807, 2.05) is 0 Å². The van der Waals surface area contributed by atoms with Gasteiger partial charge in [-0.3, -0.25) is 9.36 Å². The van der Waals surface area contributed by atoms with Gasteiger partial charge in [-0.15, -0.1) is 0 Å². The Balaban J connectivity index is 1.22. The van der Waals surface area contributed by atoms with Crippen molar-refractivity contribution in [3.8, 4) is 11.5 Å². The van der Waals surface area contributed by atoms with E-state index in [1.54, 1.807) is 41.1 Å². The van der Waals surface area contributed by atoms with E-state index in [1.165, 1.54) is 12.1 Å². The van der Waals surface area contributed by atoms with Crippen LogP contribution >= 0.6 is 0 Å². The van der Waals surface area contributed by atoms with Gasteiger partial charge in [-0.25, -0.2) is 9.18 Å². The molecule has 3 aromatic rings. The molecule has 0 amide bonds. The maximum Gasteiger partial charge on any atom is 0.350 e. The molecule has 1 fully saturated rings. The summed E-state index contributed by atoms with van der Waals surface area (Å²) in [4.78, 5) is 32.2. The number of carbonyl (C=O) groups is 1. The topological polar surface area (TPSA) is 102 Å². The average molecular weight is 506 g/mol. The summed E-state index contributed by atoms with van der Waals surface area (Å²) in [5.41, 5.74) is 7.48. The predicted octanol–water partition coefficient (Wildman–Crippen LogP) is 4.42. The van der Waals surface area contributed by atoms with Crippen molar-refractivity contribution in [3.05, 3.63) is 76.1 Å². The SMILES string of the molecule is NCCCN1CCC(n2cc3c(nc2=O)Nc2cc(C(=O)CCCc4ccc(F)cc4)ccc2O3)CC1. The van der Waals surface area contributed by atoms with Crippen LogP contribution in [-0.4, -0.2) is 46.4 Å². The van der Waals surface area contributed by atoms with Crippen LogP contribution in [-0.2, 0) is 6.42 Å². The molecule has 5 rings (SSSR count). The minimum atomic E-state index is -0.313. The van der Waals surface area contributed by atoms with E-state index >= 15 is 0 Å². The number of piperidine rings is 1. The second-order valence-corrected chi connectivity index (χ2v) is 9.70. The molecule has 2 aliphatic rings. The molecule has 1 saturated heterocycles. The third-order valence-corrected chi connectivity index (χ3v) is 7.10. The molecule has 2 aliphatic heterocycles. The summed E-state index contributed by atoms with van der Waals surface area (Å²) >= 11 is 0. The fraction of sp³-hybridized carbons (Fsp3) is 0.393. The van der Waals surface area contributed by atoms with Crippen LogP contribution in [0.4, 0.5) is 15.9 Å². The molecule has 3 heterocycles. The summed E-state index contributed by atoms with van der Waals surface area (Å²) in [6, 6.07) is 11.7. The van der Waals surface area contributed by atoms with E-state index in [-0.39, 0.29) is 23.3 Å². The molecule has 0 saturated carbocycles. The Morgan fingerprint density at radius 2 is 1.89 bits per heavy atom. The van der Waals surface area contributed by atoms with Crippen molar-refractivity contribution in [2.24, 2.45) is 5.73 Å². The highest BCUT2D eigenvalue weighted by atomic mass is 19.1. The van der Waals surface area contributed by atoms with Crippen LogP contribution in [0.5, 0.6) is 11.5 Å². The zero-order chi connectivity index (χ0) is 25.8. The van der Waals surface area contributed by atoms with E-state index < -0.39 is 0 Å². The van der Waals surface area contributed by atoms with Crippen LogP contribution in [0, 0.1) is 5.82 Å². The minimum absolute atomic E-state index is 0.0127. The highest BCUT2D eigenvalue weighted by Gasteiger charge is 2.25. The lowest BCUT2D eigenvalue weighted by molar-refractivity contribution is 0.0980. The van der Waals surface area contributed by atoms with Crippen LogP contribution in [0.1, 0.15) is 54.1 Å². The second kappa shape index (κ2) is 11.2. The predicted molar refractivity (Wildman–Crippen MR) is 140 cm³/mol. The molecule has 0 unspecified atom stereocenters. The molecule has 3 N–H and O–H groups in total.